The van der Waals surface area contributed by atoms with Gasteiger partial charge in [-0.05, 0) is 30.3 Å². The molecule has 4 heteroatoms. The first-order valence-corrected chi connectivity index (χ1v) is 14.2. The Bertz CT molecular complexity index is 1630. The van der Waals surface area contributed by atoms with Gasteiger partial charge in [0.1, 0.15) is 0 Å². The van der Waals surface area contributed by atoms with E-state index in [-0.39, 0.29) is 0 Å². The van der Waals surface area contributed by atoms with Crippen molar-refractivity contribution in [3.63, 3.8) is 0 Å². The summed E-state index contributed by atoms with van der Waals surface area (Å²) < 4.78 is 1.53. The Hall–Kier alpha value is -3.90. The van der Waals surface area contributed by atoms with E-state index >= 15 is 0 Å². The van der Waals surface area contributed by atoms with E-state index < -0.39 is 11.2 Å². The molecule has 0 spiro atoms. The quantitative estimate of drug-likeness (QED) is 0.196. The molecule has 0 fully saturated rings. The van der Waals surface area contributed by atoms with Gasteiger partial charge in [-0.15, -0.1) is 0 Å². The van der Waals surface area contributed by atoms with Crippen LogP contribution < -0.4 is 0 Å². The third kappa shape index (κ3) is 5.82. The zero-order chi connectivity index (χ0) is 28.0. The van der Waals surface area contributed by atoms with Crippen molar-refractivity contribution in [1.82, 2.24) is 0 Å². The van der Waals surface area contributed by atoms with Gasteiger partial charge in [0, 0.05) is 42.3 Å². The minimum Gasteiger partial charge on any atom is -0.369 e. The van der Waals surface area contributed by atoms with Gasteiger partial charge in [0.25, 0.3) is 0 Å². The van der Waals surface area contributed by atoms with Crippen molar-refractivity contribution in [2.24, 2.45) is 0 Å². The van der Waals surface area contributed by atoms with Crippen LogP contribution in [0.4, 0.5) is 0 Å². The Morgan fingerprint density at radius 2 is 0.825 bits per heavy atom. The van der Waals surface area contributed by atoms with Crippen LogP contribution >= 0.6 is 31.9 Å². The van der Waals surface area contributed by atoms with E-state index in [9.17, 15) is 10.2 Å². The molecule has 2 unspecified atom stereocenters. The first-order chi connectivity index (χ1) is 19.4. The highest BCUT2D eigenvalue weighted by Crippen LogP contribution is 2.35. The Morgan fingerprint density at radius 3 is 1.23 bits per heavy atom. The molecular weight excluding hydrogens is 624 g/mol. The van der Waals surface area contributed by atoms with Crippen LogP contribution in [0.1, 0.15) is 33.4 Å². The maximum Gasteiger partial charge on any atom is 0.178 e. The summed E-state index contributed by atoms with van der Waals surface area (Å²) in [5, 5.41) is 23.8. The summed E-state index contributed by atoms with van der Waals surface area (Å²) in [4.78, 5) is 0. The van der Waals surface area contributed by atoms with Gasteiger partial charge in [-0.3, -0.25) is 0 Å². The molecule has 2 N–H and O–H groups in total. The van der Waals surface area contributed by atoms with Crippen LogP contribution in [-0.4, -0.2) is 10.2 Å². The second-order valence-electron chi connectivity index (χ2n) is 9.19. The van der Waals surface area contributed by atoms with Gasteiger partial charge >= 0.3 is 0 Å². The predicted octanol–water partition coefficient (Wildman–Crippen LogP) is 7.79. The van der Waals surface area contributed by atoms with Crippen molar-refractivity contribution in [3.8, 4) is 23.7 Å². The molecule has 0 aliphatic carbocycles. The molecule has 0 heterocycles. The molecule has 5 aromatic rings. The van der Waals surface area contributed by atoms with Gasteiger partial charge in [0.15, 0.2) is 11.2 Å². The van der Waals surface area contributed by atoms with Crippen molar-refractivity contribution in [3.05, 3.63) is 176 Å². The highest BCUT2D eigenvalue weighted by atomic mass is 79.9. The fourth-order valence-corrected chi connectivity index (χ4v) is 5.60. The van der Waals surface area contributed by atoms with Gasteiger partial charge in [0.05, 0.1) is 0 Å². The lowest BCUT2D eigenvalue weighted by atomic mass is 9.86. The van der Waals surface area contributed by atoms with Gasteiger partial charge in [-0.2, -0.15) is 0 Å². The zero-order valence-electron chi connectivity index (χ0n) is 21.4. The second kappa shape index (κ2) is 12.1. The normalized spacial score (nSPS) is 13.5. The van der Waals surface area contributed by atoms with E-state index in [0.717, 1.165) is 8.95 Å². The number of aliphatic hydroxyl groups is 2. The number of rotatable bonds is 4. The van der Waals surface area contributed by atoms with Crippen molar-refractivity contribution in [2.75, 3.05) is 0 Å². The highest BCUT2D eigenvalue weighted by Gasteiger charge is 2.32. The molecule has 0 aliphatic heterocycles. The third-order valence-electron chi connectivity index (χ3n) is 6.55. The fraction of sp³-hybridized carbons (Fsp3) is 0.0556. The third-order valence-corrected chi connectivity index (χ3v) is 7.93. The SMILES string of the molecule is OC(C#Cc1cccc(C#CC(O)(c2ccccc2)c2ccccc2Br)c1)(c1ccccc1)c1ccccc1Br. The van der Waals surface area contributed by atoms with Crippen molar-refractivity contribution < 1.29 is 10.2 Å². The van der Waals surface area contributed by atoms with Crippen molar-refractivity contribution in [1.29, 1.82) is 0 Å². The monoisotopic (exact) mass is 646 g/mol. The molecule has 2 nitrogen and oxygen atoms in total. The summed E-state index contributed by atoms with van der Waals surface area (Å²) in [6.45, 7) is 0. The molecule has 0 aliphatic rings. The van der Waals surface area contributed by atoms with E-state index in [0.29, 0.717) is 33.4 Å². The van der Waals surface area contributed by atoms with E-state index in [4.69, 9.17) is 0 Å². The average Bonchev–Trinajstić information content (AvgIpc) is 3.00. The number of halogens is 2. The summed E-state index contributed by atoms with van der Waals surface area (Å²) in [6, 6.07) is 41.3. The number of benzene rings is 5. The molecule has 0 bridgehead atoms. The lowest BCUT2D eigenvalue weighted by Gasteiger charge is -2.25. The van der Waals surface area contributed by atoms with Crippen LogP contribution in [0.3, 0.4) is 0 Å². The maximum absolute atomic E-state index is 11.9. The topological polar surface area (TPSA) is 40.5 Å². The fourth-order valence-electron chi connectivity index (χ4n) is 4.46. The first-order valence-electron chi connectivity index (χ1n) is 12.6. The van der Waals surface area contributed by atoms with E-state index in [1.165, 1.54) is 0 Å². The van der Waals surface area contributed by atoms with Crippen LogP contribution in [-0.2, 0) is 11.2 Å². The van der Waals surface area contributed by atoms with Gasteiger partial charge in [0.2, 0.25) is 0 Å². The molecule has 5 aromatic carbocycles. The van der Waals surface area contributed by atoms with Crippen molar-refractivity contribution in [2.45, 2.75) is 11.2 Å². The summed E-state index contributed by atoms with van der Waals surface area (Å²) in [7, 11) is 0. The largest absolute Gasteiger partial charge is 0.369 e. The number of hydrogen-bond acceptors (Lipinski definition) is 2. The molecular formula is C36H24Br2O2. The smallest absolute Gasteiger partial charge is 0.178 e. The summed E-state index contributed by atoms with van der Waals surface area (Å²) in [6.07, 6.45) is 0. The molecule has 0 saturated carbocycles. The standard InChI is InChI=1S/C36H24Br2O2/c37-33-20-9-7-18-31(33)35(39,29-14-3-1-4-15-29)24-22-27-12-11-13-28(26-27)23-25-36(40,30-16-5-2-6-17-30)32-19-8-10-21-34(32)38/h1-21,26,39-40H. The summed E-state index contributed by atoms with van der Waals surface area (Å²) in [5.41, 5.74) is 0.983. The van der Waals surface area contributed by atoms with Crippen LogP contribution in [0.2, 0.25) is 0 Å². The van der Waals surface area contributed by atoms with E-state index in [1.807, 2.05) is 133 Å². The molecule has 2 atom stereocenters. The predicted molar refractivity (Wildman–Crippen MR) is 167 cm³/mol. The second-order valence-corrected chi connectivity index (χ2v) is 10.9. The molecule has 0 radical (unpaired) electrons. The zero-order valence-corrected chi connectivity index (χ0v) is 24.5. The highest BCUT2D eigenvalue weighted by molar-refractivity contribution is 9.10. The average molecular weight is 648 g/mol. The van der Waals surface area contributed by atoms with E-state index in [1.54, 1.807) is 0 Å². The molecule has 194 valence electrons. The minimum atomic E-state index is -1.53. The number of hydrogen-bond donors (Lipinski definition) is 2. The van der Waals surface area contributed by atoms with Gasteiger partial charge < -0.3 is 10.2 Å². The minimum absolute atomic E-state index is 0.658. The Kier molecular flexibility index (Phi) is 8.36. The lowest BCUT2D eigenvalue weighted by molar-refractivity contribution is 0.144. The van der Waals surface area contributed by atoms with Gasteiger partial charge in [-0.1, -0.05) is 159 Å². The molecule has 0 amide bonds. The van der Waals surface area contributed by atoms with Crippen molar-refractivity contribution >= 4 is 31.9 Å². The van der Waals surface area contributed by atoms with E-state index in [2.05, 4.69) is 55.5 Å². The van der Waals surface area contributed by atoms with Crippen LogP contribution in [0.5, 0.6) is 0 Å². The molecule has 40 heavy (non-hydrogen) atoms. The Morgan fingerprint density at radius 1 is 0.450 bits per heavy atom. The van der Waals surface area contributed by atoms with Crippen LogP contribution in [0, 0.1) is 23.7 Å². The molecule has 5 rings (SSSR count). The Balaban J connectivity index is 1.56. The Labute approximate surface area is 251 Å². The summed E-state index contributed by atoms with van der Waals surface area (Å²) >= 11 is 7.15. The molecule has 0 aromatic heterocycles. The lowest BCUT2D eigenvalue weighted by Crippen LogP contribution is -2.26. The first kappa shape index (κ1) is 27.7. The van der Waals surface area contributed by atoms with Gasteiger partial charge in [-0.25, -0.2) is 0 Å². The van der Waals surface area contributed by atoms with Crippen LogP contribution in [0.25, 0.3) is 0 Å². The molecule has 0 saturated heterocycles. The van der Waals surface area contributed by atoms with Crippen LogP contribution in [0.15, 0.2) is 142 Å². The maximum atomic E-state index is 11.9. The summed E-state index contributed by atoms with van der Waals surface area (Å²) in [5.74, 6) is 12.6.